The van der Waals surface area contributed by atoms with E-state index in [-0.39, 0.29) is 17.4 Å². The lowest BCUT2D eigenvalue weighted by Crippen LogP contribution is -2.44. The minimum absolute atomic E-state index is 0.0164. The molecule has 0 amide bonds. The fourth-order valence-electron chi connectivity index (χ4n) is 4.09. The Morgan fingerprint density at radius 2 is 1.83 bits per heavy atom. The largest absolute Gasteiger partial charge is 0.506 e. The van der Waals surface area contributed by atoms with Crippen molar-refractivity contribution < 1.29 is 10.2 Å². The van der Waals surface area contributed by atoms with Gasteiger partial charge in [0.25, 0.3) is 0 Å². The van der Waals surface area contributed by atoms with Crippen molar-refractivity contribution in [3.05, 3.63) is 30.1 Å². The van der Waals surface area contributed by atoms with Crippen LogP contribution < -0.4 is 4.90 Å². The highest BCUT2D eigenvalue weighted by Gasteiger charge is 2.21. The summed E-state index contributed by atoms with van der Waals surface area (Å²) in [7, 11) is 3.89. The number of H-pyrrole nitrogens is 1. The fourth-order valence-corrected chi connectivity index (χ4v) is 4.33. The first kappa shape index (κ1) is 19.0. The number of phenolic OH excluding ortho intramolecular Hbond substituents is 2. The van der Waals surface area contributed by atoms with Crippen LogP contribution in [-0.2, 0) is 12.9 Å². The first-order valence-corrected chi connectivity index (χ1v) is 10.4. The smallest absolute Gasteiger partial charge is 0.154 e. The molecular weight excluding hydrogens is 404 g/mol. The Morgan fingerprint density at radius 1 is 1.07 bits per heavy atom. The van der Waals surface area contributed by atoms with E-state index in [9.17, 15) is 10.2 Å². The van der Waals surface area contributed by atoms with E-state index in [0.717, 1.165) is 42.9 Å². The molecule has 1 saturated heterocycles. The van der Waals surface area contributed by atoms with Crippen molar-refractivity contribution in [2.45, 2.75) is 5.88 Å². The summed E-state index contributed by atoms with van der Waals surface area (Å²) in [6, 6.07) is 7.64. The average Bonchev–Trinajstić information content (AvgIpc) is 3.32. The number of aromatic amines is 1. The Hall–Kier alpha value is -2.97. The quantitative estimate of drug-likeness (QED) is 0.344. The predicted molar refractivity (Wildman–Crippen MR) is 118 cm³/mol. The zero-order valence-electron chi connectivity index (χ0n) is 16.9. The number of alkyl halides is 1. The van der Waals surface area contributed by atoms with E-state index < -0.39 is 0 Å². The van der Waals surface area contributed by atoms with Gasteiger partial charge >= 0.3 is 0 Å². The van der Waals surface area contributed by atoms with Crippen LogP contribution in [0.25, 0.3) is 33.5 Å². The van der Waals surface area contributed by atoms with Crippen molar-refractivity contribution in [3.8, 4) is 22.9 Å². The second-order valence-electron chi connectivity index (χ2n) is 7.79. The average molecular weight is 427 g/mol. The second kappa shape index (κ2) is 7.07. The van der Waals surface area contributed by atoms with Crippen molar-refractivity contribution >= 4 is 39.4 Å². The van der Waals surface area contributed by atoms with Crippen LogP contribution in [0.15, 0.2) is 24.3 Å². The summed E-state index contributed by atoms with van der Waals surface area (Å²) in [6.07, 6.45) is 0. The van der Waals surface area contributed by atoms with Gasteiger partial charge in [-0.3, -0.25) is 0 Å². The van der Waals surface area contributed by atoms with E-state index in [1.54, 1.807) is 11.6 Å². The van der Waals surface area contributed by atoms with Gasteiger partial charge in [0.1, 0.15) is 28.4 Å². The van der Waals surface area contributed by atoms with Crippen molar-refractivity contribution in [2.75, 3.05) is 38.1 Å². The number of likely N-dealkylation sites (N-methyl/N-ethyl adjacent to an activating group) is 1. The van der Waals surface area contributed by atoms with Crippen LogP contribution >= 0.6 is 11.6 Å². The van der Waals surface area contributed by atoms with Gasteiger partial charge in [-0.15, -0.1) is 11.6 Å². The number of imidazole rings is 2. The minimum Gasteiger partial charge on any atom is -0.506 e. The van der Waals surface area contributed by atoms with E-state index >= 15 is 0 Å². The molecule has 1 aliphatic rings. The molecule has 0 unspecified atom stereocenters. The van der Waals surface area contributed by atoms with Gasteiger partial charge in [0.15, 0.2) is 5.75 Å². The number of halogens is 1. The van der Waals surface area contributed by atoms with Crippen molar-refractivity contribution in [3.63, 3.8) is 0 Å². The number of aromatic nitrogens is 4. The molecule has 0 spiro atoms. The third kappa shape index (κ3) is 2.95. The van der Waals surface area contributed by atoms with Gasteiger partial charge in [0, 0.05) is 38.9 Å². The lowest BCUT2D eigenvalue weighted by molar-refractivity contribution is 0.313. The maximum atomic E-state index is 10.9. The first-order valence-electron chi connectivity index (χ1n) is 9.86. The molecule has 5 rings (SSSR count). The molecule has 0 atom stereocenters. The maximum Gasteiger partial charge on any atom is 0.154 e. The summed E-state index contributed by atoms with van der Waals surface area (Å²) >= 11 is 5.93. The highest BCUT2D eigenvalue weighted by molar-refractivity contribution is 6.17. The van der Waals surface area contributed by atoms with Crippen molar-refractivity contribution in [2.24, 2.45) is 7.05 Å². The number of piperazine rings is 1. The van der Waals surface area contributed by atoms with Crippen LogP contribution in [0.3, 0.4) is 0 Å². The summed E-state index contributed by atoms with van der Waals surface area (Å²) in [4.78, 5) is 17.0. The molecule has 0 radical (unpaired) electrons. The van der Waals surface area contributed by atoms with Crippen LogP contribution in [-0.4, -0.2) is 67.9 Å². The molecule has 3 N–H and O–H groups in total. The topological polar surface area (TPSA) is 93.4 Å². The van der Waals surface area contributed by atoms with Gasteiger partial charge < -0.3 is 29.6 Å². The molecule has 1 aliphatic heterocycles. The minimum atomic E-state index is -0.0342. The Balaban J connectivity index is 1.58. The molecule has 4 aromatic rings. The van der Waals surface area contributed by atoms with E-state index in [2.05, 4.69) is 43.9 Å². The Bertz CT molecular complexity index is 1260. The molecule has 156 valence electrons. The lowest BCUT2D eigenvalue weighted by atomic mass is 10.1. The molecule has 8 nitrogen and oxygen atoms in total. The van der Waals surface area contributed by atoms with Crippen LogP contribution in [0.1, 0.15) is 5.82 Å². The first-order chi connectivity index (χ1) is 14.5. The number of rotatable bonds is 3. The number of hydrogen-bond acceptors (Lipinski definition) is 6. The van der Waals surface area contributed by atoms with Crippen LogP contribution in [0, 0.1) is 0 Å². The van der Waals surface area contributed by atoms with Gasteiger partial charge in [-0.2, -0.15) is 0 Å². The van der Waals surface area contributed by atoms with Gasteiger partial charge in [-0.1, -0.05) is 0 Å². The number of benzene rings is 2. The number of nitrogens with zero attached hydrogens (tertiary/aromatic N) is 5. The maximum absolute atomic E-state index is 10.9. The highest BCUT2D eigenvalue weighted by atomic mass is 35.5. The van der Waals surface area contributed by atoms with E-state index in [1.807, 2.05) is 6.07 Å². The van der Waals surface area contributed by atoms with Crippen LogP contribution in [0.5, 0.6) is 11.5 Å². The van der Waals surface area contributed by atoms with Crippen molar-refractivity contribution in [1.82, 2.24) is 24.4 Å². The van der Waals surface area contributed by atoms with Gasteiger partial charge in [0.05, 0.1) is 22.5 Å². The lowest BCUT2D eigenvalue weighted by Gasteiger charge is -2.34. The Labute approximate surface area is 178 Å². The molecule has 0 saturated carbocycles. The molecule has 0 aliphatic carbocycles. The number of aryl methyl sites for hydroxylation is 1. The normalized spacial score (nSPS) is 15.5. The second-order valence-corrected chi connectivity index (χ2v) is 8.05. The van der Waals surface area contributed by atoms with E-state index in [0.29, 0.717) is 28.2 Å². The predicted octanol–water partition coefficient (Wildman–Crippen LogP) is 3.02. The summed E-state index contributed by atoms with van der Waals surface area (Å²) < 4.78 is 1.68. The Kier molecular flexibility index (Phi) is 4.48. The zero-order chi connectivity index (χ0) is 21.0. The summed E-state index contributed by atoms with van der Waals surface area (Å²) in [5.41, 5.74) is 3.97. The number of phenols is 2. The fraction of sp³-hybridized carbons (Fsp3) is 0.333. The molecule has 2 aromatic carbocycles. The number of nitrogens with one attached hydrogen (secondary N) is 1. The van der Waals surface area contributed by atoms with Gasteiger partial charge in [0.2, 0.25) is 0 Å². The number of hydrogen-bond donors (Lipinski definition) is 3. The molecular formula is C21H23ClN6O2. The van der Waals surface area contributed by atoms with E-state index in [4.69, 9.17) is 11.6 Å². The van der Waals surface area contributed by atoms with Crippen LogP contribution in [0.4, 0.5) is 5.69 Å². The molecule has 1 fully saturated rings. The Morgan fingerprint density at radius 3 is 2.57 bits per heavy atom. The van der Waals surface area contributed by atoms with Gasteiger partial charge in [-0.05, 0) is 31.3 Å². The summed E-state index contributed by atoms with van der Waals surface area (Å²) in [5.74, 6) is 1.21. The highest BCUT2D eigenvalue weighted by Crippen LogP contribution is 2.40. The third-order valence-electron chi connectivity index (χ3n) is 5.90. The molecule has 9 heteroatoms. The number of anilines is 1. The third-order valence-corrected chi connectivity index (χ3v) is 6.14. The standard InChI is InChI=1S/C21H23ClN6O2/c1-26-5-7-28(8-6-26)12-3-4-14-15(9-12)24-21(23-14)13-10-16(29)19-18(20(13)30)25-17(11-22)27(19)2/h3-4,9-10,29-30H,5-8,11H2,1-2H3,(H,23,24). The SMILES string of the molecule is CN1CCN(c2ccc3nc(-c4cc(O)c5c(nc(CCl)n5C)c4O)[nH]c3c2)CC1. The summed E-state index contributed by atoms with van der Waals surface area (Å²) in [6.45, 7) is 4.04. The van der Waals surface area contributed by atoms with Crippen LogP contribution in [0.2, 0.25) is 0 Å². The zero-order valence-corrected chi connectivity index (χ0v) is 17.6. The van der Waals surface area contributed by atoms with E-state index in [1.165, 1.54) is 6.07 Å². The summed E-state index contributed by atoms with van der Waals surface area (Å²) in [5, 5.41) is 21.4. The van der Waals surface area contributed by atoms with Gasteiger partial charge in [-0.25, -0.2) is 9.97 Å². The number of aromatic hydroxyl groups is 2. The van der Waals surface area contributed by atoms with Crippen molar-refractivity contribution in [1.29, 1.82) is 0 Å². The number of fused-ring (bicyclic) bond motifs is 2. The molecule has 3 heterocycles. The molecule has 2 aromatic heterocycles. The monoisotopic (exact) mass is 426 g/mol. The molecule has 0 bridgehead atoms. The molecule has 30 heavy (non-hydrogen) atoms.